The lowest BCUT2D eigenvalue weighted by atomic mass is 10.1. The number of carbonyl (C=O) groups excluding carboxylic acids is 2. The molecular formula is C12H13O6P. The molecule has 1 aromatic rings. The number of allylic oxidation sites excluding steroid dienone is 1. The van der Waals surface area contributed by atoms with Crippen LogP contribution in [0, 0.1) is 0 Å². The van der Waals surface area contributed by atoms with Crippen LogP contribution < -0.4 is 4.52 Å². The summed E-state index contributed by atoms with van der Waals surface area (Å²) < 4.78 is 20.6. The maximum absolute atomic E-state index is 11.8. The van der Waals surface area contributed by atoms with E-state index in [-0.39, 0.29) is 16.9 Å². The van der Waals surface area contributed by atoms with E-state index in [4.69, 9.17) is 4.52 Å². The monoisotopic (exact) mass is 284 g/mol. The molecule has 1 N–H and O–H groups in total. The van der Waals surface area contributed by atoms with Crippen molar-refractivity contribution in [2.45, 2.75) is 6.92 Å². The minimum atomic E-state index is -4.44. The Balaban J connectivity index is 3.02. The number of hydrogen-bond acceptors (Lipinski definition) is 5. The fourth-order valence-electron chi connectivity index (χ4n) is 1.24. The van der Waals surface area contributed by atoms with Gasteiger partial charge in [-0.25, -0.2) is 4.57 Å². The highest BCUT2D eigenvalue weighted by atomic mass is 31.2. The molecule has 0 aromatic heterocycles. The highest BCUT2D eigenvalue weighted by Crippen LogP contribution is 2.44. The summed E-state index contributed by atoms with van der Waals surface area (Å²) in [5, 5.41) is 0. The quantitative estimate of drug-likeness (QED) is 0.357. The zero-order chi connectivity index (χ0) is 14.5. The first-order valence-electron chi connectivity index (χ1n) is 5.27. The number of aldehydes is 1. The Labute approximate surface area is 110 Å². The second-order valence-corrected chi connectivity index (χ2v) is 5.01. The number of Topliss-reactive ketones (excluding diaryl/α,β-unsaturated/α-hetero) is 1. The van der Waals surface area contributed by atoms with Crippen LogP contribution in [0.2, 0.25) is 0 Å². The van der Waals surface area contributed by atoms with Crippen molar-refractivity contribution in [2.75, 3.05) is 6.61 Å². The van der Waals surface area contributed by atoms with E-state index in [1.165, 1.54) is 25.1 Å². The Bertz CT molecular complexity index is 551. The largest absolute Gasteiger partial charge is 0.527 e. The highest BCUT2D eigenvalue weighted by molar-refractivity contribution is 7.47. The van der Waals surface area contributed by atoms with Gasteiger partial charge in [0.25, 0.3) is 0 Å². The van der Waals surface area contributed by atoms with E-state index in [2.05, 4.69) is 11.1 Å². The summed E-state index contributed by atoms with van der Waals surface area (Å²) in [7, 11) is -4.44. The number of phosphoric ester groups is 1. The van der Waals surface area contributed by atoms with E-state index in [1.54, 1.807) is 6.07 Å². The van der Waals surface area contributed by atoms with Gasteiger partial charge in [0, 0.05) is 0 Å². The van der Waals surface area contributed by atoms with Gasteiger partial charge >= 0.3 is 7.82 Å². The first-order valence-corrected chi connectivity index (χ1v) is 6.76. The predicted octanol–water partition coefficient (Wildman–Crippen LogP) is 2.14. The van der Waals surface area contributed by atoms with Gasteiger partial charge in [0.15, 0.2) is 5.78 Å². The number of phosphoric acid groups is 1. The van der Waals surface area contributed by atoms with Crippen LogP contribution in [0.15, 0.2) is 36.4 Å². The molecule has 1 atom stereocenters. The molecule has 0 fully saturated rings. The molecule has 0 aliphatic rings. The van der Waals surface area contributed by atoms with Crippen molar-refractivity contribution in [3.05, 3.63) is 42.0 Å². The number of rotatable bonds is 7. The van der Waals surface area contributed by atoms with Crippen molar-refractivity contribution in [3.8, 4) is 5.75 Å². The molecule has 1 unspecified atom stereocenters. The molecule has 0 radical (unpaired) electrons. The van der Waals surface area contributed by atoms with Crippen molar-refractivity contribution in [1.29, 1.82) is 0 Å². The van der Waals surface area contributed by atoms with Crippen LogP contribution in [0.5, 0.6) is 5.75 Å². The molecule has 7 heteroatoms. The summed E-state index contributed by atoms with van der Waals surface area (Å²) in [5.41, 5.74) is 0.358. The molecule has 0 amide bonds. The van der Waals surface area contributed by atoms with Crippen LogP contribution in [0.25, 0.3) is 0 Å². The molecule has 102 valence electrons. The normalized spacial score (nSPS) is 13.4. The maximum Gasteiger partial charge on any atom is 0.527 e. The van der Waals surface area contributed by atoms with Gasteiger partial charge in [-0.2, -0.15) is 0 Å². The van der Waals surface area contributed by atoms with Gasteiger partial charge in [-0.1, -0.05) is 18.7 Å². The van der Waals surface area contributed by atoms with Crippen molar-refractivity contribution in [1.82, 2.24) is 0 Å². The van der Waals surface area contributed by atoms with Crippen LogP contribution in [0.4, 0.5) is 0 Å². The summed E-state index contributed by atoms with van der Waals surface area (Å²) in [6.07, 6.45) is 0.317. The van der Waals surface area contributed by atoms with Gasteiger partial charge in [0.1, 0.15) is 18.6 Å². The van der Waals surface area contributed by atoms with Gasteiger partial charge in [0.05, 0.1) is 5.56 Å². The average molecular weight is 284 g/mol. The first kappa shape index (κ1) is 15.3. The van der Waals surface area contributed by atoms with Crippen LogP contribution >= 0.6 is 7.82 Å². The van der Waals surface area contributed by atoms with Gasteiger partial charge in [0.2, 0.25) is 0 Å². The lowest BCUT2D eigenvalue weighted by molar-refractivity contribution is -0.109. The van der Waals surface area contributed by atoms with E-state index in [1.807, 2.05) is 0 Å². The minimum absolute atomic E-state index is 0.0963. The molecule has 1 aromatic carbocycles. The van der Waals surface area contributed by atoms with Crippen LogP contribution in [0.1, 0.15) is 17.3 Å². The Morgan fingerprint density at radius 2 is 2.11 bits per heavy atom. The van der Waals surface area contributed by atoms with Crippen LogP contribution in [-0.2, 0) is 13.9 Å². The second kappa shape index (κ2) is 6.43. The van der Waals surface area contributed by atoms with E-state index in [0.717, 1.165) is 0 Å². The Morgan fingerprint density at radius 1 is 1.47 bits per heavy atom. The van der Waals surface area contributed by atoms with Crippen LogP contribution in [-0.4, -0.2) is 23.6 Å². The molecule has 0 aliphatic carbocycles. The van der Waals surface area contributed by atoms with Gasteiger partial charge < -0.3 is 9.32 Å². The fraction of sp³-hybridized carbons (Fsp3) is 0.167. The smallest absolute Gasteiger partial charge is 0.403 e. The van der Waals surface area contributed by atoms with E-state index < -0.39 is 20.2 Å². The fourth-order valence-corrected chi connectivity index (χ4v) is 1.95. The molecule has 0 saturated carbocycles. The third-order valence-electron chi connectivity index (χ3n) is 2.04. The van der Waals surface area contributed by atoms with Crippen molar-refractivity contribution in [2.24, 2.45) is 0 Å². The molecule has 0 saturated heterocycles. The lowest BCUT2D eigenvalue weighted by Crippen LogP contribution is -2.05. The topological polar surface area (TPSA) is 89.9 Å². The molecule has 1 rings (SSSR count). The average Bonchev–Trinajstić information content (AvgIpc) is 2.35. The molecule has 19 heavy (non-hydrogen) atoms. The Kier molecular flexibility index (Phi) is 5.18. The third-order valence-corrected chi connectivity index (χ3v) is 2.94. The van der Waals surface area contributed by atoms with Crippen molar-refractivity contribution in [3.63, 3.8) is 0 Å². The maximum atomic E-state index is 11.8. The van der Waals surface area contributed by atoms with Gasteiger partial charge in [-0.05, 0) is 24.6 Å². The zero-order valence-corrected chi connectivity index (χ0v) is 11.1. The number of hydrogen-bond donors (Lipinski definition) is 1. The van der Waals surface area contributed by atoms with E-state index in [9.17, 15) is 19.0 Å². The standard InChI is InChI=1S/C12H13O6P/c1-9(2)12(14)10-5-3-4-6-11(10)18-19(15,16)17-8-7-13/h3-7H,1,8H2,2H3,(H,15,16). The molecular weight excluding hydrogens is 271 g/mol. The summed E-state index contributed by atoms with van der Waals surface area (Å²) in [4.78, 5) is 31.3. The number of ketones is 1. The summed E-state index contributed by atoms with van der Waals surface area (Å²) in [6.45, 7) is 4.44. The van der Waals surface area contributed by atoms with Crippen LogP contribution in [0.3, 0.4) is 0 Å². The molecule has 0 spiro atoms. The number of benzene rings is 1. The third kappa shape index (κ3) is 4.44. The van der Waals surface area contributed by atoms with Gasteiger partial charge in [-0.15, -0.1) is 0 Å². The second-order valence-electron chi connectivity index (χ2n) is 3.63. The highest BCUT2D eigenvalue weighted by Gasteiger charge is 2.25. The zero-order valence-electron chi connectivity index (χ0n) is 10.2. The predicted molar refractivity (Wildman–Crippen MR) is 68.1 cm³/mol. The SMILES string of the molecule is C=C(C)C(=O)c1ccccc1OP(=O)(O)OCC=O. The summed E-state index contributed by atoms with van der Waals surface area (Å²) in [5.74, 6) is -0.516. The Hall–Kier alpha value is -1.75. The minimum Gasteiger partial charge on any atom is -0.403 e. The van der Waals surface area contributed by atoms with Crippen molar-refractivity contribution >= 4 is 19.9 Å². The number of para-hydroxylation sites is 1. The van der Waals surface area contributed by atoms with Crippen molar-refractivity contribution < 1.29 is 28.1 Å². The van der Waals surface area contributed by atoms with E-state index in [0.29, 0.717) is 6.29 Å². The number of carbonyl (C=O) groups is 2. The van der Waals surface area contributed by atoms with E-state index >= 15 is 0 Å². The molecule has 0 heterocycles. The Morgan fingerprint density at radius 3 is 2.68 bits per heavy atom. The molecule has 6 nitrogen and oxygen atoms in total. The summed E-state index contributed by atoms with van der Waals surface area (Å²) >= 11 is 0. The molecule has 0 bridgehead atoms. The first-order chi connectivity index (χ1) is 8.87. The lowest BCUT2D eigenvalue weighted by Gasteiger charge is -2.14. The van der Waals surface area contributed by atoms with Gasteiger partial charge in [-0.3, -0.25) is 14.2 Å². The summed E-state index contributed by atoms with van der Waals surface area (Å²) in [6, 6.07) is 5.90. The molecule has 0 aliphatic heterocycles.